The maximum atomic E-state index is 5.64. The third-order valence-corrected chi connectivity index (χ3v) is 3.15. The lowest BCUT2D eigenvalue weighted by atomic mass is 9.83. The molecule has 0 aliphatic rings. The van der Waals surface area contributed by atoms with Crippen LogP contribution in [0.15, 0.2) is 42.7 Å². The molecule has 90 valence electrons. The van der Waals surface area contributed by atoms with E-state index in [1.54, 1.807) is 0 Å². The highest BCUT2D eigenvalue weighted by atomic mass is 15.3. The molecule has 3 nitrogen and oxygen atoms in total. The van der Waals surface area contributed by atoms with Crippen LogP contribution in [0.25, 0.3) is 5.69 Å². The summed E-state index contributed by atoms with van der Waals surface area (Å²) in [6.45, 7) is 5.10. The van der Waals surface area contributed by atoms with Gasteiger partial charge in [0.05, 0.1) is 11.9 Å². The second kappa shape index (κ2) is 4.72. The van der Waals surface area contributed by atoms with Crippen molar-refractivity contribution in [1.82, 2.24) is 9.78 Å². The number of nitrogens with two attached hydrogens (primary N) is 1. The van der Waals surface area contributed by atoms with E-state index < -0.39 is 0 Å². The van der Waals surface area contributed by atoms with E-state index >= 15 is 0 Å². The van der Waals surface area contributed by atoms with Crippen molar-refractivity contribution in [2.45, 2.75) is 25.7 Å². The highest BCUT2D eigenvalue weighted by Crippen LogP contribution is 2.26. The molecule has 1 aromatic carbocycles. The van der Waals surface area contributed by atoms with Gasteiger partial charge in [-0.05, 0) is 36.1 Å². The first kappa shape index (κ1) is 11.9. The van der Waals surface area contributed by atoms with Crippen LogP contribution in [0.5, 0.6) is 0 Å². The molecule has 0 saturated carbocycles. The number of hydrogen-bond acceptors (Lipinski definition) is 2. The Hall–Kier alpha value is -1.61. The molecule has 0 atom stereocenters. The smallest absolute Gasteiger partial charge is 0.0645 e. The van der Waals surface area contributed by atoms with Crippen LogP contribution in [-0.4, -0.2) is 16.3 Å². The average molecular weight is 229 g/mol. The Labute approximate surface area is 102 Å². The van der Waals surface area contributed by atoms with Crippen molar-refractivity contribution >= 4 is 0 Å². The summed E-state index contributed by atoms with van der Waals surface area (Å²) in [6, 6.07) is 10.1. The Morgan fingerprint density at radius 3 is 2.59 bits per heavy atom. The normalized spacial score (nSPS) is 11.7. The van der Waals surface area contributed by atoms with Crippen molar-refractivity contribution in [3.63, 3.8) is 0 Å². The van der Waals surface area contributed by atoms with Gasteiger partial charge in [-0.25, -0.2) is 4.68 Å². The lowest BCUT2D eigenvalue weighted by Crippen LogP contribution is -2.21. The molecule has 0 unspecified atom stereocenters. The Bertz CT molecular complexity index is 471. The summed E-state index contributed by atoms with van der Waals surface area (Å²) in [4.78, 5) is 0. The summed E-state index contributed by atoms with van der Waals surface area (Å²) in [7, 11) is 0. The number of aromatic nitrogens is 2. The van der Waals surface area contributed by atoms with Gasteiger partial charge < -0.3 is 5.73 Å². The van der Waals surface area contributed by atoms with E-state index in [1.807, 2.05) is 41.2 Å². The van der Waals surface area contributed by atoms with E-state index in [9.17, 15) is 0 Å². The van der Waals surface area contributed by atoms with Gasteiger partial charge in [-0.15, -0.1) is 0 Å². The molecular formula is C14H19N3. The number of hydrogen-bond donors (Lipinski definition) is 1. The van der Waals surface area contributed by atoms with Gasteiger partial charge in [-0.3, -0.25) is 0 Å². The van der Waals surface area contributed by atoms with E-state index in [0.29, 0.717) is 6.54 Å². The standard InChI is InChI=1S/C14H19N3/c1-14(2,8-9-15)12-10-16-17(11-12)13-6-4-3-5-7-13/h3-7,10-11H,8-9,15H2,1-2H3. The Morgan fingerprint density at radius 2 is 1.94 bits per heavy atom. The first-order valence-electron chi connectivity index (χ1n) is 5.94. The van der Waals surface area contributed by atoms with Crippen molar-refractivity contribution in [1.29, 1.82) is 0 Å². The van der Waals surface area contributed by atoms with Gasteiger partial charge in [0.1, 0.15) is 0 Å². The largest absolute Gasteiger partial charge is 0.330 e. The molecule has 0 aliphatic heterocycles. The summed E-state index contributed by atoms with van der Waals surface area (Å²) in [6.07, 6.45) is 4.99. The third kappa shape index (κ3) is 2.56. The third-order valence-electron chi connectivity index (χ3n) is 3.15. The molecule has 2 N–H and O–H groups in total. The topological polar surface area (TPSA) is 43.8 Å². The molecule has 1 aromatic heterocycles. The van der Waals surface area contributed by atoms with Crippen molar-refractivity contribution in [3.05, 3.63) is 48.3 Å². The number of nitrogens with zero attached hydrogens (tertiary/aromatic N) is 2. The van der Waals surface area contributed by atoms with Crippen LogP contribution in [0.4, 0.5) is 0 Å². The van der Waals surface area contributed by atoms with Gasteiger partial charge in [0.15, 0.2) is 0 Å². The molecule has 0 spiro atoms. The zero-order valence-electron chi connectivity index (χ0n) is 10.4. The fourth-order valence-corrected chi connectivity index (χ4v) is 1.90. The van der Waals surface area contributed by atoms with Gasteiger partial charge in [0.2, 0.25) is 0 Å². The lowest BCUT2D eigenvalue weighted by Gasteiger charge is -2.21. The van der Waals surface area contributed by atoms with Crippen LogP contribution in [0.3, 0.4) is 0 Å². The maximum Gasteiger partial charge on any atom is 0.0645 e. The molecule has 1 heterocycles. The van der Waals surface area contributed by atoms with Crippen LogP contribution in [0.2, 0.25) is 0 Å². The maximum absolute atomic E-state index is 5.64. The number of rotatable bonds is 4. The minimum Gasteiger partial charge on any atom is -0.330 e. The highest BCUT2D eigenvalue weighted by molar-refractivity contribution is 5.32. The molecule has 2 aromatic rings. The van der Waals surface area contributed by atoms with Gasteiger partial charge >= 0.3 is 0 Å². The molecule has 2 rings (SSSR count). The predicted molar refractivity (Wildman–Crippen MR) is 70.3 cm³/mol. The van der Waals surface area contributed by atoms with Crippen molar-refractivity contribution in [2.24, 2.45) is 5.73 Å². The van der Waals surface area contributed by atoms with Crippen LogP contribution in [0.1, 0.15) is 25.8 Å². The van der Waals surface area contributed by atoms with E-state index in [1.165, 1.54) is 5.56 Å². The minimum atomic E-state index is 0.0851. The highest BCUT2D eigenvalue weighted by Gasteiger charge is 2.21. The Kier molecular flexibility index (Phi) is 3.29. The van der Waals surface area contributed by atoms with Gasteiger partial charge in [-0.2, -0.15) is 5.10 Å². The van der Waals surface area contributed by atoms with E-state index in [2.05, 4.69) is 25.1 Å². The number of para-hydroxylation sites is 1. The predicted octanol–water partition coefficient (Wildman–Crippen LogP) is 2.50. The zero-order valence-corrected chi connectivity index (χ0v) is 10.4. The summed E-state index contributed by atoms with van der Waals surface area (Å²) >= 11 is 0. The van der Waals surface area contributed by atoms with Crippen molar-refractivity contribution in [3.8, 4) is 5.69 Å². The molecule has 0 saturated heterocycles. The Balaban J connectivity index is 2.28. The second-order valence-electron chi connectivity index (χ2n) is 4.93. The van der Waals surface area contributed by atoms with E-state index in [0.717, 1.165) is 12.1 Å². The van der Waals surface area contributed by atoms with Gasteiger partial charge in [0, 0.05) is 6.20 Å². The summed E-state index contributed by atoms with van der Waals surface area (Å²) in [5.41, 5.74) is 8.04. The van der Waals surface area contributed by atoms with Crippen molar-refractivity contribution in [2.75, 3.05) is 6.54 Å². The van der Waals surface area contributed by atoms with Crippen LogP contribution in [0, 0.1) is 0 Å². The molecule has 0 radical (unpaired) electrons. The summed E-state index contributed by atoms with van der Waals surface area (Å²) in [5, 5.41) is 4.41. The molecule has 0 bridgehead atoms. The average Bonchev–Trinajstić information content (AvgIpc) is 2.80. The number of benzene rings is 1. The summed E-state index contributed by atoms with van der Waals surface area (Å²) < 4.78 is 1.91. The monoisotopic (exact) mass is 229 g/mol. The van der Waals surface area contributed by atoms with E-state index in [4.69, 9.17) is 5.73 Å². The van der Waals surface area contributed by atoms with Crippen LogP contribution in [-0.2, 0) is 5.41 Å². The minimum absolute atomic E-state index is 0.0851. The zero-order chi connectivity index (χ0) is 12.3. The second-order valence-corrected chi connectivity index (χ2v) is 4.93. The summed E-state index contributed by atoms with van der Waals surface area (Å²) in [5.74, 6) is 0. The molecule has 3 heteroatoms. The first-order valence-corrected chi connectivity index (χ1v) is 5.94. The lowest BCUT2D eigenvalue weighted by molar-refractivity contribution is 0.487. The fourth-order valence-electron chi connectivity index (χ4n) is 1.90. The fraction of sp³-hybridized carbons (Fsp3) is 0.357. The van der Waals surface area contributed by atoms with Crippen LogP contribution < -0.4 is 5.73 Å². The van der Waals surface area contributed by atoms with Gasteiger partial charge in [-0.1, -0.05) is 32.0 Å². The van der Waals surface area contributed by atoms with Crippen molar-refractivity contribution < 1.29 is 0 Å². The first-order chi connectivity index (χ1) is 8.13. The van der Waals surface area contributed by atoms with Crippen LogP contribution >= 0.6 is 0 Å². The van der Waals surface area contributed by atoms with Gasteiger partial charge in [0.25, 0.3) is 0 Å². The molecular weight excluding hydrogens is 210 g/mol. The molecule has 0 fully saturated rings. The SMILES string of the molecule is CC(C)(CCN)c1cnn(-c2ccccc2)c1. The molecule has 0 aliphatic carbocycles. The Morgan fingerprint density at radius 1 is 1.24 bits per heavy atom. The van der Waals surface area contributed by atoms with E-state index in [-0.39, 0.29) is 5.41 Å². The molecule has 0 amide bonds. The molecule has 17 heavy (non-hydrogen) atoms. The quantitative estimate of drug-likeness (QED) is 0.875.